The van der Waals surface area contributed by atoms with Gasteiger partial charge in [0.05, 0.1) is 18.9 Å². The lowest BCUT2D eigenvalue weighted by molar-refractivity contribution is -0.153. The zero-order chi connectivity index (χ0) is 26.6. The van der Waals surface area contributed by atoms with E-state index in [1.807, 2.05) is 0 Å². The maximum absolute atomic E-state index is 14.7. The molecule has 0 radical (unpaired) electrons. The molecule has 0 fully saturated rings. The van der Waals surface area contributed by atoms with E-state index in [0.29, 0.717) is 12.1 Å². The molecular weight excluding hydrogens is 498 g/mol. The van der Waals surface area contributed by atoms with Crippen LogP contribution in [0.2, 0.25) is 0 Å². The Morgan fingerprint density at radius 2 is 1.56 bits per heavy atom. The average Bonchev–Trinajstić information content (AvgIpc) is 2.81. The van der Waals surface area contributed by atoms with Crippen molar-refractivity contribution in [3.63, 3.8) is 0 Å². The van der Waals surface area contributed by atoms with Gasteiger partial charge in [-0.25, -0.2) is 17.6 Å². The molecule has 190 valence electrons. The first kappa shape index (κ1) is 27.1. The van der Waals surface area contributed by atoms with Gasteiger partial charge in [0.15, 0.2) is 11.5 Å². The molecule has 0 spiro atoms. The van der Waals surface area contributed by atoms with E-state index in [-0.39, 0.29) is 39.6 Å². The molecule has 3 aromatic rings. The summed E-state index contributed by atoms with van der Waals surface area (Å²) in [6.07, 6.45) is 0.246. The van der Waals surface area contributed by atoms with Crippen molar-refractivity contribution < 1.29 is 36.9 Å². The number of carbonyl (C=O) groups is 1. The Kier molecular flexibility index (Phi) is 8.62. The van der Waals surface area contributed by atoms with Crippen molar-refractivity contribution in [3.05, 3.63) is 88.8 Å². The third-order valence-corrected chi connectivity index (χ3v) is 5.99. The fourth-order valence-electron chi connectivity index (χ4n) is 3.81. The first-order valence-corrected chi connectivity index (χ1v) is 11.3. The van der Waals surface area contributed by atoms with E-state index in [1.165, 1.54) is 33.2 Å². The summed E-state index contributed by atoms with van der Waals surface area (Å²) < 4.78 is 66.9. The number of methoxy groups -OCH3 is 1. The minimum Gasteiger partial charge on any atom is -0.503 e. The maximum atomic E-state index is 14.7. The van der Waals surface area contributed by atoms with Gasteiger partial charge in [-0.3, -0.25) is 9.78 Å². The van der Waals surface area contributed by atoms with Crippen LogP contribution in [0.1, 0.15) is 43.0 Å². The van der Waals surface area contributed by atoms with Crippen molar-refractivity contribution in [2.45, 2.75) is 32.3 Å². The van der Waals surface area contributed by atoms with Gasteiger partial charge >= 0.3 is 5.97 Å². The van der Waals surface area contributed by atoms with Gasteiger partial charge in [0.1, 0.15) is 35.1 Å². The number of hydrogen-bond acceptors (Lipinski definition) is 6. The molecule has 1 N–H and O–H groups in total. The number of rotatable bonds is 9. The Hall–Kier alpha value is -3.53. The molecule has 0 saturated heterocycles. The minimum absolute atomic E-state index is 0.0188. The lowest BCUT2D eigenvalue weighted by atomic mass is 9.86. The summed E-state index contributed by atoms with van der Waals surface area (Å²) in [5, 5.41) is 10.3. The van der Waals surface area contributed by atoms with Crippen LogP contribution in [0.15, 0.2) is 48.7 Å². The summed E-state index contributed by atoms with van der Waals surface area (Å²) in [5.41, 5.74) is -0.177. The van der Waals surface area contributed by atoms with E-state index in [9.17, 15) is 27.5 Å². The number of thiocarbonyl (C=S) groups is 1. The molecule has 1 heterocycles. The summed E-state index contributed by atoms with van der Waals surface area (Å²) in [5.74, 6) is -6.47. The Bertz CT molecular complexity index is 1240. The molecule has 5 nitrogen and oxygen atoms in total. The van der Waals surface area contributed by atoms with Crippen LogP contribution in [0.3, 0.4) is 0 Å². The summed E-state index contributed by atoms with van der Waals surface area (Å²) in [7, 11) is 1.37. The minimum atomic E-state index is -1.20. The van der Waals surface area contributed by atoms with Crippen LogP contribution in [0.4, 0.5) is 17.6 Å². The molecular formula is C26H23F4NO4S. The van der Waals surface area contributed by atoms with E-state index >= 15 is 0 Å². The number of aromatic nitrogens is 1. The molecule has 0 aliphatic carbocycles. The Morgan fingerprint density at radius 1 is 1.00 bits per heavy atom. The first-order chi connectivity index (χ1) is 17.0. The van der Waals surface area contributed by atoms with E-state index in [2.05, 4.69) is 4.98 Å². The van der Waals surface area contributed by atoms with Gasteiger partial charge in [-0.2, -0.15) is 0 Å². The predicted molar refractivity (Wildman–Crippen MR) is 128 cm³/mol. The number of benzene rings is 2. The van der Waals surface area contributed by atoms with Crippen molar-refractivity contribution in [3.8, 4) is 11.5 Å². The molecule has 0 unspecified atom stereocenters. The molecule has 10 heteroatoms. The number of hydrogen-bond donors (Lipinski definition) is 1. The van der Waals surface area contributed by atoms with Gasteiger partial charge in [0.2, 0.25) is 0 Å². The van der Waals surface area contributed by atoms with Gasteiger partial charge in [-0.1, -0.05) is 31.3 Å². The molecule has 0 aliphatic heterocycles. The second-order valence-corrected chi connectivity index (χ2v) is 8.68. The number of aromatic hydroxyl groups is 1. The molecule has 0 saturated carbocycles. The van der Waals surface area contributed by atoms with Crippen LogP contribution < -0.4 is 4.74 Å². The fourth-order valence-corrected chi connectivity index (χ4v) is 4.21. The first-order valence-electron chi connectivity index (χ1n) is 10.9. The van der Waals surface area contributed by atoms with Crippen LogP contribution >= 0.6 is 12.2 Å². The molecule has 2 aromatic carbocycles. The summed E-state index contributed by atoms with van der Waals surface area (Å²) in [6.45, 7) is 2.96. The van der Waals surface area contributed by atoms with Crippen LogP contribution in [-0.4, -0.2) is 34.1 Å². The molecule has 0 amide bonds. The highest BCUT2D eigenvalue weighted by atomic mass is 32.1. The number of ether oxygens (including phenoxy) is 2. The monoisotopic (exact) mass is 521 g/mol. The SMILES string of the molecule is COc1ccnc(C(=S)C[C@@H](C)C(=O)O[C@@H](C)C(c2ccc(F)cc2F)c2ccc(F)cc2F)c1O. The van der Waals surface area contributed by atoms with Gasteiger partial charge in [0, 0.05) is 29.3 Å². The normalized spacial score (nSPS) is 12.8. The van der Waals surface area contributed by atoms with Gasteiger partial charge < -0.3 is 14.6 Å². The molecule has 1 aromatic heterocycles. The fraction of sp³-hybridized carbons (Fsp3) is 0.269. The van der Waals surface area contributed by atoms with Crippen LogP contribution in [-0.2, 0) is 9.53 Å². The van der Waals surface area contributed by atoms with Gasteiger partial charge in [-0.05, 0) is 36.6 Å². The highest BCUT2D eigenvalue weighted by molar-refractivity contribution is 7.80. The lowest BCUT2D eigenvalue weighted by Crippen LogP contribution is -2.28. The van der Waals surface area contributed by atoms with E-state index in [1.54, 1.807) is 0 Å². The highest BCUT2D eigenvalue weighted by Crippen LogP contribution is 2.35. The van der Waals surface area contributed by atoms with Crippen molar-refractivity contribution in [2.75, 3.05) is 7.11 Å². The molecule has 0 aliphatic rings. The zero-order valence-electron chi connectivity index (χ0n) is 19.6. The van der Waals surface area contributed by atoms with Crippen LogP contribution in [0.5, 0.6) is 11.5 Å². The Labute approximate surface area is 210 Å². The van der Waals surface area contributed by atoms with Crippen molar-refractivity contribution >= 4 is 23.1 Å². The van der Waals surface area contributed by atoms with Crippen LogP contribution in [0.25, 0.3) is 0 Å². The van der Waals surface area contributed by atoms with Crippen LogP contribution in [0, 0.1) is 29.2 Å². The number of carbonyl (C=O) groups excluding carboxylic acids is 1. The van der Waals surface area contributed by atoms with Gasteiger partial charge in [-0.15, -0.1) is 0 Å². The van der Waals surface area contributed by atoms with Crippen molar-refractivity contribution in [1.29, 1.82) is 0 Å². The number of halogens is 4. The van der Waals surface area contributed by atoms with Gasteiger partial charge in [0.25, 0.3) is 0 Å². The van der Waals surface area contributed by atoms with E-state index in [0.717, 1.165) is 24.3 Å². The molecule has 2 atom stereocenters. The third-order valence-electron chi connectivity index (χ3n) is 5.63. The molecule has 0 bridgehead atoms. The number of nitrogens with zero attached hydrogens (tertiary/aromatic N) is 1. The topological polar surface area (TPSA) is 68.7 Å². The number of esters is 1. The maximum Gasteiger partial charge on any atom is 0.309 e. The summed E-state index contributed by atoms with van der Waals surface area (Å²) >= 11 is 5.33. The lowest BCUT2D eigenvalue weighted by Gasteiger charge is -2.27. The highest BCUT2D eigenvalue weighted by Gasteiger charge is 2.31. The number of pyridine rings is 1. The van der Waals surface area contributed by atoms with E-state index < -0.39 is 47.2 Å². The second kappa shape index (κ2) is 11.5. The van der Waals surface area contributed by atoms with E-state index in [4.69, 9.17) is 21.7 Å². The Morgan fingerprint density at radius 3 is 2.06 bits per heavy atom. The zero-order valence-corrected chi connectivity index (χ0v) is 20.4. The molecule has 36 heavy (non-hydrogen) atoms. The standard InChI is InChI=1S/C26H23F4NO4S/c1-13(10-22(36)24-25(32)21(34-3)8-9-31-24)26(33)35-14(2)23(17-6-4-15(27)11-19(17)29)18-7-5-16(28)12-20(18)30/h4-9,11-14,23,32H,10H2,1-3H3/t13-,14+/m1/s1. The quantitative estimate of drug-likeness (QED) is 0.165. The summed E-state index contributed by atoms with van der Waals surface area (Å²) in [6, 6.07) is 6.95. The smallest absolute Gasteiger partial charge is 0.309 e. The van der Waals surface area contributed by atoms with Crippen molar-refractivity contribution in [1.82, 2.24) is 4.98 Å². The Balaban J connectivity index is 1.84. The molecule has 3 rings (SSSR count). The second-order valence-electron chi connectivity index (χ2n) is 8.19. The van der Waals surface area contributed by atoms with Crippen molar-refractivity contribution in [2.24, 2.45) is 5.92 Å². The third kappa shape index (κ3) is 5.99. The predicted octanol–water partition coefficient (Wildman–Crippen LogP) is 5.86. The average molecular weight is 522 g/mol. The largest absolute Gasteiger partial charge is 0.503 e. The summed E-state index contributed by atoms with van der Waals surface area (Å²) in [4.78, 5) is 17.1.